The van der Waals surface area contributed by atoms with Crippen molar-refractivity contribution >= 4 is 31.9 Å². The number of ether oxygens (including phenoxy) is 1. The molecule has 110 valence electrons. The third-order valence-corrected chi connectivity index (χ3v) is 5.62. The summed E-state index contributed by atoms with van der Waals surface area (Å²) in [5, 5.41) is 8.96. The Morgan fingerprint density at radius 1 is 1.50 bits per heavy atom. The van der Waals surface area contributed by atoms with E-state index in [0.717, 1.165) is 0 Å². The molecule has 0 bridgehead atoms. The summed E-state index contributed by atoms with van der Waals surface area (Å²) in [7, 11) is -2.36. The predicted molar refractivity (Wildman–Crippen MR) is 75.2 cm³/mol. The fourth-order valence-corrected chi connectivity index (χ4v) is 4.33. The van der Waals surface area contributed by atoms with Gasteiger partial charge in [0, 0.05) is 17.6 Å². The minimum Gasteiger partial charge on any atom is -0.495 e. The van der Waals surface area contributed by atoms with Gasteiger partial charge in [0.25, 0.3) is 0 Å². The average Bonchev–Trinajstić information content (AvgIpc) is 2.89. The summed E-state index contributed by atoms with van der Waals surface area (Å²) < 4.78 is 32.0. The highest BCUT2D eigenvalue weighted by Crippen LogP contribution is 2.32. The highest BCUT2D eigenvalue weighted by molar-refractivity contribution is 9.10. The van der Waals surface area contributed by atoms with Crippen molar-refractivity contribution in [1.82, 2.24) is 4.31 Å². The first kappa shape index (κ1) is 15.3. The number of sulfonamides is 1. The van der Waals surface area contributed by atoms with E-state index >= 15 is 0 Å². The minimum absolute atomic E-state index is 0.00661. The second kappa shape index (κ2) is 5.71. The third kappa shape index (κ3) is 2.82. The molecule has 0 saturated carbocycles. The summed E-state index contributed by atoms with van der Waals surface area (Å²) in [5.74, 6) is -1.38. The first-order valence-corrected chi connectivity index (χ1v) is 8.16. The van der Waals surface area contributed by atoms with E-state index in [1.54, 1.807) is 12.1 Å². The van der Waals surface area contributed by atoms with Crippen LogP contribution in [0.5, 0.6) is 5.75 Å². The van der Waals surface area contributed by atoms with Crippen molar-refractivity contribution < 1.29 is 23.1 Å². The molecule has 1 aliphatic heterocycles. The summed E-state index contributed by atoms with van der Waals surface area (Å²) in [5.41, 5.74) is 0. The minimum atomic E-state index is -3.76. The number of carbonyl (C=O) groups is 1. The number of hydrogen-bond acceptors (Lipinski definition) is 4. The molecule has 0 amide bonds. The summed E-state index contributed by atoms with van der Waals surface area (Å²) in [4.78, 5) is 11.0. The molecule has 0 unspecified atom stereocenters. The molecule has 6 nitrogen and oxygen atoms in total. The molecule has 1 heterocycles. The molecule has 1 aromatic rings. The zero-order valence-corrected chi connectivity index (χ0v) is 13.1. The third-order valence-electron chi connectivity index (χ3n) is 3.24. The van der Waals surface area contributed by atoms with Gasteiger partial charge in [-0.2, -0.15) is 4.31 Å². The number of nitrogens with zero attached hydrogens (tertiary/aromatic N) is 1. The summed E-state index contributed by atoms with van der Waals surface area (Å²) >= 11 is 3.23. The zero-order chi connectivity index (χ0) is 14.9. The quantitative estimate of drug-likeness (QED) is 0.877. The van der Waals surface area contributed by atoms with E-state index in [2.05, 4.69) is 15.9 Å². The van der Waals surface area contributed by atoms with Crippen LogP contribution in [-0.4, -0.2) is 44.0 Å². The van der Waals surface area contributed by atoms with Crippen LogP contribution < -0.4 is 4.74 Å². The standard InChI is InChI=1S/C12H14BrNO5S/c1-19-10-3-2-9(13)6-11(10)20(17,18)14-5-4-8(7-14)12(15)16/h2-3,6,8H,4-5,7H2,1H3,(H,15,16)/t8-/m1/s1. The first-order chi connectivity index (χ1) is 9.36. The van der Waals surface area contributed by atoms with Gasteiger partial charge in [0.05, 0.1) is 13.0 Å². The molecule has 2 rings (SSSR count). The van der Waals surface area contributed by atoms with Gasteiger partial charge in [0.15, 0.2) is 0 Å². The van der Waals surface area contributed by atoms with Gasteiger partial charge in [0.2, 0.25) is 10.0 Å². The highest BCUT2D eigenvalue weighted by Gasteiger charge is 2.37. The van der Waals surface area contributed by atoms with Gasteiger partial charge in [-0.05, 0) is 24.6 Å². The van der Waals surface area contributed by atoms with Crippen molar-refractivity contribution in [2.45, 2.75) is 11.3 Å². The topological polar surface area (TPSA) is 83.9 Å². The molecule has 0 aromatic heterocycles. The molecule has 1 aliphatic rings. The van der Waals surface area contributed by atoms with Gasteiger partial charge in [-0.15, -0.1) is 0 Å². The summed E-state index contributed by atoms with van der Waals surface area (Å²) in [6.07, 6.45) is 0.324. The van der Waals surface area contributed by atoms with Gasteiger partial charge < -0.3 is 9.84 Å². The van der Waals surface area contributed by atoms with Crippen LogP contribution in [0.25, 0.3) is 0 Å². The molecule has 1 saturated heterocycles. The Balaban J connectivity index is 2.36. The Kier molecular flexibility index (Phi) is 4.36. The largest absolute Gasteiger partial charge is 0.495 e. The van der Waals surface area contributed by atoms with E-state index in [1.807, 2.05) is 0 Å². The molecular formula is C12H14BrNO5S. The number of carboxylic acids is 1. The summed E-state index contributed by atoms with van der Waals surface area (Å²) in [6.45, 7) is 0.197. The number of rotatable bonds is 4. The van der Waals surface area contributed by atoms with Crippen molar-refractivity contribution in [3.05, 3.63) is 22.7 Å². The van der Waals surface area contributed by atoms with Crippen molar-refractivity contribution in [2.24, 2.45) is 5.92 Å². The summed E-state index contributed by atoms with van der Waals surface area (Å²) in [6, 6.07) is 4.70. The van der Waals surface area contributed by atoms with E-state index < -0.39 is 21.9 Å². The molecule has 0 aliphatic carbocycles. The van der Waals surface area contributed by atoms with Crippen molar-refractivity contribution in [3.63, 3.8) is 0 Å². The fourth-order valence-electron chi connectivity index (χ4n) is 2.14. The van der Waals surface area contributed by atoms with Crippen LogP contribution >= 0.6 is 15.9 Å². The number of hydrogen-bond donors (Lipinski definition) is 1. The Morgan fingerprint density at radius 2 is 2.20 bits per heavy atom. The van der Waals surface area contributed by atoms with Gasteiger partial charge in [-0.25, -0.2) is 8.42 Å². The lowest BCUT2D eigenvalue weighted by Gasteiger charge is -2.18. The molecule has 0 radical (unpaired) electrons. The normalized spacial score (nSPS) is 20.0. The lowest BCUT2D eigenvalue weighted by Crippen LogP contribution is -2.30. The zero-order valence-electron chi connectivity index (χ0n) is 10.7. The first-order valence-electron chi connectivity index (χ1n) is 5.92. The molecule has 1 aromatic carbocycles. The van der Waals surface area contributed by atoms with Crippen molar-refractivity contribution in [1.29, 1.82) is 0 Å². The average molecular weight is 364 g/mol. The number of halogens is 1. The lowest BCUT2D eigenvalue weighted by atomic mass is 10.1. The molecule has 1 atom stereocenters. The Morgan fingerprint density at radius 3 is 2.75 bits per heavy atom. The monoisotopic (exact) mass is 363 g/mol. The molecular weight excluding hydrogens is 350 g/mol. The second-order valence-electron chi connectivity index (χ2n) is 4.48. The van der Waals surface area contributed by atoms with Gasteiger partial charge >= 0.3 is 5.97 Å². The Bertz CT molecular complexity index is 631. The molecule has 8 heteroatoms. The molecule has 20 heavy (non-hydrogen) atoms. The maximum Gasteiger partial charge on any atom is 0.307 e. The van der Waals surface area contributed by atoms with Crippen molar-refractivity contribution in [2.75, 3.05) is 20.2 Å². The van der Waals surface area contributed by atoms with Crippen LogP contribution in [-0.2, 0) is 14.8 Å². The van der Waals surface area contributed by atoms with E-state index in [-0.39, 0.29) is 23.7 Å². The van der Waals surface area contributed by atoms with Crippen LogP contribution in [0, 0.1) is 5.92 Å². The van der Waals surface area contributed by atoms with Gasteiger partial charge in [-0.3, -0.25) is 4.79 Å². The predicted octanol–water partition coefficient (Wildman–Crippen LogP) is 1.55. The second-order valence-corrected chi connectivity index (χ2v) is 7.30. The van der Waals surface area contributed by atoms with Crippen molar-refractivity contribution in [3.8, 4) is 5.75 Å². The number of benzene rings is 1. The van der Waals surface area contributed by atoms with Gasteiger partial charge in [-0.1, -0.05) is 15.9 Å². The highest BCUT2D eigenvalue weighted by atomic mass is 79.9. The van der Waals surface area contributed by atoms with E-state index in [9.17, 15) is 13.2 Å². The van der Waals surface area contributed by atoms with Crippen LogP contribution in [0.1, 0.15) is 6.42 Å². The Labute approximate surface area is 125 Å². The number of aliphatic carboxylic acids is 1. The van der Waals surface area contributed by atoms with Crippen LogP contribution in [0.3, 0.4) is 0 Å². The van der Waals surface area contributed by atoms with Crippen LogP contribution in [0.4, 0.5) is 0 Å². The Hall–Kier alpha value is -1.12. The van der Waals surface area contributed by atoms with E-state index in [0.29, 0.717) is 10.9 Å². The van der Waals surface area contributed by atoms with E-state index in [4.69, 9.17) is 9.84 Å². The lowest BCUT2D eigenvalue weighted by molar-refractivity contribution is -0.141. The number of carboxylic acid groups (broad SMARTS) is 1. The fraction of sp³-hybridized carbons (Fsp3) is 0.417. The SMILES string of the molecule is COc1ccc(Br)cc1S(=O)(=O)N1CC[C@@H](C(=O)O)C1. The smallest absolute Gasteiger partial charge is 0.307 e. The maximum atomic E-state index is 12.6. The maximum absolute atomic E-state index is 12.6. The van der Waals surface area contributed by atoms with Gasteiger partial charge in [0.1, 0.15) is 10.6 Å². The van der Waals surface area contributed by atoms with Crippen LogP contribution in [0.2, 0.25) is 0 Å². The number of methoxy groups -OCH3 is 1. The molecule has 0 spiro atoms. The van der Waals surface area contributed by atoms with Crippen LogP contribution in [0.15, 0.2) is 27.6 Å². The molecule has 1 fully saturated rings. The molecule has 1 N–H and O–H groups in total. The van der Waals surface area contributed by atoms with E-state index in [1.165, 1.54) is 17.5 Å².